The van der Waals surface area contributed by atoms with E-state index in [1.54, 1.807) is 0 Å². The molecule has 0 radical (unpaired) electrons. The van der Waals surface area contributed by atoms with Crippen LogP contribution in [0.1, 0.15) is 117 Å². The zero-order chi connectivity index (χ0) is 20.2. The van der Waals surface area contributed by atoms with Crippen LogP contribution in [0.2, 0.25) is 9.45 Å². The molecular formula is C21H47O4PTi. The molecule has 6 heteroatoms. The number of hydrogen-bond donors (Lipinski definition) is 2. The van der Waals surface area contributed by atoms with Crippen LogP contribution in [0.3, 0.4) is 0 Å². The van der Waals surface area contributed by atoms with Crippen molar-refractivity contribution in [3.05, 3.63) is 0 Å². The Morgan fingerprint density at radius 3 is 1.44 bits per heavy atom. The van der Waals surface area contributed by atoms with Crippen molar-refractivity contribution in [2.24, 2.45) is 0 Å². The minimum absolute atomic E-state index is 0.725. The third-order valence-corrected chi connectivity index (χ3v) is 12.6. The summed E-state index contributed by atoms with van der Waals surface area (Å²) in [4.78, 5) is 19.2. The standard InChI is InChI=1S/2C8H17.C5H11O.H2O3P.Ti/c2*1-3-5-7-8-6-4-2;1-2-3-4-5-6;1-4(2)3;/h2*1,3-8H2,2H3;2-5H2,1H3;1-2H;/q;;2*-1;+2. The van der Waals surface area contributed by atoms with Gasteiger partial charge in [-0.3, -0.25) is 0 Å². The van der Waals surface area contributed by atoms with Crippen molar-refractivity contribution in [2.75, 3.05) is 6.61 Å². The van der Waals surface area contributed by atoms with E-state index < -0.39 is 26.0 Å². The molecule has 0 aromatic rings. The summed E-state index contributed by atoms with van der Waals surface area (Å²) in [5.74, 6) is 0. The van der Waals surface area contributed by atoms with Gasteiger partial charge in [0.25, 0.3) is 0 Å². The van der Waals surface area contributed by atoms with E-state index in [0.717, 1.165) is 35.3 Å². The van der Waals surface area contributed by atoms with Crippen molar-refractivity contribution < 1.29 is 33.6 Å². The molecule has 0 amide bonds. The summed E-state index contributed by atoms with van der Waals surface area (Å²) in [6, 6.07) is 0. The third-order valence-electron chi connectivity index (χ3n) is 5.18. The first kappa shape index (κ1) is 28.0. The second-order valence-corrected chi connectivity index (χ2v) is 14.2. The SMILES string of the molecule is CCCCCCC[CH2][Ti]([CH2]CCCCCCC)([O]CCCCC)[O]P(O)O. The van der Waals surface area contributed by atoms with Gasteiger partial charge in [0, 0.05) is 0 Å². The van der Waals surface area contributed by atoms with Crippen molar-refractivity contribution in [3.63, 3.8) is 0 Å². The molecule has 0 atom stereocenters. The first-order valence-electron chi connectivity index (χ1n) is 11.6. The van der Waals surface area contributed by atoms with Gasteiger partial charge in [-0.15, -0.1) is 0 Å². The molecule has 0 fully saturated rings. The van der Waals surface area contributed by atoms with Crippen LogP contribution in [-0.4, -0.2) is 16.4 Å². The maximum absolute atomic E-state index is 9.60. The van der Waals surface area contributed by atoms with Gasteiger partial charge in [0.05, 0.1) is 0 Å². The Balaban J connectivity index is 4.54. The van der Waals surface area contributed by atoms with Crippen LogP contribution in [-0.2, 0) is 23.8 Å². The van der Waals surface area contributed by atoms with E-state index >= 15 is 0 Å². The van der Waals surface area contributed by atoms with Crippen molar-refractivity contribution in [1.29, 1.82) is 0 Å². The number of rotatable bonds is 21. The summed E-state index contributed by atoms with van der Waals surface area (Å²) in [6.07, 6.45) is 18.3. The van der Waals surface area contributed by atoms with Crippen molar-refractivity contribution in [3.8, 4) is 0 Å². The van der Waals surface area contributed by atoms with Crippen LogP contribution >= 0.6 is 8.60 Å². The molecule has 0 aromatic heterocycles. The van der Waals surface area contributed by atoms with E-state index in [1.165, 1.54) is 77.0 Å². The van der Waals surface area contributed by atoms with Gasteiger partial charge in [0.2, 0.25) is 0 Å². The molecule has 0 unspecified atom stereocenters. The van der Waals surface area contributed by atoms with Crippen LogP contribution in [0, 0.1) is 0 Å². The molecule has 4 nitrogen and oxygen atoms in total. The van der Waals surface area contributed by atoms with Crippen LogP contribution in [0.5, 0.6) is 0 Å². The summed E-state index contributed by atoms with van der Waals surface area (Å²) in [6.45, 7) is 7.40. The summed E-state index contributed by atoms with van der Waals surface area (Å²) in [5, 5.41) is 0. The zero-order valence-electron chi connectivity index (χ0n) is 18.4. The fourth-order valence-corrected chi connectivity index (χ4v) is 10.6. The van der Waals surface area contributed by atoms with Gasteiger partial charge in [-0.2, -0.15) is 0 Å². The quantitative estimate of drug-likeness (QED) is 0.108. The topological polar surface area (TPSA) is 58.9 Å². The molecule has 0 aliphatic heterocycles. The Kier molecular flexibility index (Phi) is 21.0. The summed E-state index contributed by atoms with van der Waals surface area (Å²) in [5.41, 5.74) is 0. The van der Waals surface area contributed by atoms with Crippen LogP contribution in [0.15, 0.2) is 0 Å². The third kappa shape index (κ3) is 17.5. The molecule has 0 rings (SSSR count). The molecule has 2 N–H and O–H groups in total. The molecule has 0 bridgehead atoms. The van der Waals surface area contributed by atoms with Gasteiger partial charge in [0.1, 0.15) is 0 Å². The first-order chi connectivity index (χ1) is 13.1. The molecule has 0 heterocycles. The van der Waals surface area contributed by atoms with Crippen molar-refractivity contribution in [1.82, 2.24) is 0 Å². The molecule has 0 saturated heterocycles. The molecule has 0 aliphatic rings. The van der Waals surface area contributed by atoms with E-state index in [1.807, 2.05) is 0 Å². The van der Waals surface area contributed by atoms with E-state index in [9.17, 15) is 9.79 Å². The Hall–Kier alpha value is 0.984. The maximum atomic E-state index is 9.60. The van der Waals surface area contributed by atoms with Gasteiger partial charge in [0.15, 0.2) is 0 Å². The summed E-state index contributed by atoms with van der Waals surface area (Å²) in [7, 11) is -2.31. The molecule has 27 heavy (non-hydrogen) atoms. The van der Waals surface area contributed by atoms with Crippen molar-refractivity contribution >= 4 is 8.60 Å². The Morgan fingerprint density at radius 2 is 1.00 bits per heavy atom. The average molecular weight is 442 g/mol. The predicted molar refractivity (Wildman–Crippen MR) is 114 cm³/mol. The van der Waals surface area contributed by atoms with Gasteiger partial charge in [-0.25, -0.2) is 0 Å². The van der Waals surface area contributed by atoms with Crippen LogP contribution < -0.4 is 0 Å². The van der Waals surface area contributed by atoms with E-state index in [-0.39, 0.29) is 0 Å². The molecular weight excluding hydrogens is 395 g/mol. The number of unbranched alkanes of at least 4 members (excludes halogenated alkanes) is 12. The zero-order valence-corrected chi connectivity index (χ0v) is 20.8. The monoisotopic (exact) mass is 442 g/mol. The molecule has 164 valence electrons. The minimum atomic E-state index is -3.12. The number of hydrogen-bond acceptors (Lipinski definition) is 4. The van der Waals surface area contributed by atoms with Gasteiger partial charge < -0.3 is 0 Å². The van der Waals surface area contributed by atoms with Gasteiger partial charge >= 0.3 is 175 Å². The van der Waals surface area contributed by atoms with Crippen LogP contribution in [0.25, 0.3) is 0 Å². The Bertz CT molecular complexity index is 290. The molecule has 0 saturated carbocycles. The van der Waals surface area contributed by atoms with Crippen LogP contribution in [0.4, 0.5) is 0 Å². The fourth-order valence-electron chi connectivity index (χ4n) is 3.50. The van der Waals surface area contributed by atoms with Gasteiger partial charge in [-0.05, 0) is 0 Å². The van der Waals surface area contributed by atoms with E-state index in [0.29, 0.717) is 0 Å². The second kappa shape index (κ2) is 20.3. The first-order valence-corrected chi connectivity index (χ1v) is 16.3. The second-order valence-electron chi connectivity index (χ2n) is 7.85. The molecule has 0 spiro atoms. The van der Waals surface area contributed by atoms with Gasteiger partial charge in [-0.1, -0.05) is 0 Å². The summed E-state index contributed by atoms with van der Waals surface area (Å²) >= 11 is -3.12. The van der Waals surface area contributed by atoms with E-state index in [4.69, 9.17) is 6.42 Å². The molecule has 0 aliphatic carbocycles. The average Bonchev–Trinajstić information content (AvgIpc) is 2.64. The van der Waals surface area contributed by atoms with Crippen molar-refractivity contribution in [2.45, 2.75) is 127 Å². The fraction of sp³-hybridized carbons (Fsp3) is 1.00. The Labute approximate surface area is 175 Å². The Morgan fingerprint density at radius 1 is 0.593 bits per heavy atom. The predicted octanol–water partition coefficient (Wildman–Crippen LogP) is 7.96. The molecule has 0 aromatic carbocycles. The van der Waals surface area contributed by atoms with E-state index in [2.05, 4.69) is 20.8 Å². The summed E-state index contributed by atoms with van der Waals surface area (Å²) < 4.78 is 14.1. The normalized spacial score (nSPS) is 12.2.